The second-order valence-electron chi connectivity index (χ2n) is 5.87. The van der Waals surface area contributed by atoms with Gasteiger partial charge in [0, 0.05) is 11.1 Å². The Morgan fingerprint density at radius 1 is 1.38 bits per heavy atom. The molecule has 6 nitrogen and oxygen atoms in total. The van der Waals surface area contributed by atoms with E-state index in [0.717, 1.165) is 11.3 Å². The molecule has 1 N–H and O–H groups in total. The Hall–Kier alpha value is -2.41. The zero-order valence-corrected chi connectivity index (χ0v) is 15.9. The molecule has 1 aromatic carbocycles. The number of benzene rings is 1. The lowest BCUT2D eigenvalue weighted by atomic mass is 9.82. The largest absolute Gasteiger partial charge is 0.497 e. The van der Waals surface area contributed by atoms with Gasteiger partial charge in [0.15, 0.2) is 5.16 Å². The van der Waals surface area contributed by atoms with Gasteiger partial charge in [0.25, 0.3) is 0 Å². The normalized spacial score (nSPS) is 16.1. The molecule has 2 aromatic rings. The molecule has 0 bridgehead atoms. The van der Waals surface area contributed by atoms with E-state index in [1.807, 2.05) is 30.5 Å². The monoisotopic (exact) mass is 371 g/mol. The van der Waals surface area contributed by atoms with Crippen LogP contribution in [0.5, 0.6) is 5.75 Å². The Morgan fingerprint density at radius 2 is 2.19 bits per heavy atom. The maximum Gasteiger partial charge on any atom is 0.315 e. The molecule has 0 saturated heterocycles. The van der Waals surface area contributed by atoms with Crippen LogP contribution in [0.25, 0.3) is 11.3 Å². The summed E-state index contributed by atoms with van der Waals surface area (Å²) in [4.78, 5) is 21.5. The first-order valence-electron chi connectivity index (χ1n) is 8.43. The van der Waals surface area contributed by atoms with Crippen LogP contribution in [0.4, 0.5) is 0 Å². The molecule has 1 heterocycles. The van der Waals surface area contributed by atoms with E-state index in [1.165, 1.54) is 11.8 Å². The molecule has 0 fully saturated rings. The Balaban J connectivity index is 2.13. The summed E-state index contributed by atoms with van der Waals surface area (Å²) in [6, 6.07) is 7.56. The summed E-state index contributed by atoms with van der Waals surface area (Å²) >= 11 is 1.46. The van der Waals surface area contributed by atoms with Gasteiger partial charge in [0.2, 0.25) is 0 Å². The lowest BCUT2D eigenvalue weighted by molar-refractivity contribution is -0.145. The molecular formula is C19H21N3O3S. The van der Waals surface area contributed by atoms with Crippen LogP contribution in [0.15, 0.2) is 29.4 Å². The van der Waals surface area contributed by atoms with Crippen molar-refractivity contribution in [2.75, 3.05) is 20.0 Å². The number of rotatable bonds is 5. The minimum atomic E-state index is -0.574. The number of aryl methyl sites for hydroxylation is 1. The van der Waals surface area contributed by atoms with Gasteiger partial charge in [-0.25, -0.2) is 9.97 Å². The van der Waals surface area contributed by atoms with Gasteiger partial charge in [0.1, 0.15) is 5.75 Å². The third kappa shape index (κ3) is 3.44. The second kappa shape index (κ2) is 7.86. The van der Waals surface area contributed by atoms with E-state index in [4.69, 9.17) is 14.9 Å². The third-order valence-electron chi connectivity index (χ3n) is 4.35. The average Bonchev–Trinajstić information content (AvgIpc) is 2.67. The van der Waals surface area contributed by atoms with Gasteiger partial charge in [0.05, 0.1) is 36.7 Å². The number of thioether (sulfide) groups is 1. The van der Waals surface area contributed by atoms with Crippen LogP contribution >= 0.6 is 11.8 Å². The predicted molar refractivity (Wildman–Crippen MR) is 101 cm³/mol. The van der Waals surface area contributed by atoms with Crippen molar-refractivity contribution >= 4 is 23.4 Å². The molecule has 0 aliphatic heterocycles. The highest BCUT2D eigenvalue weighted by Gasteiger charge is 2.34. The van der Waals surface area contributed by atoms with E-state index in [2.05, 4.69) is 9.97 Å². The molecule has 7 heteroatoms. The van der Waals surface area contributed by atoms with Crippen molar-refractivity contribution in [3.63, 3.8) is 0 Å². The standard InChI is InChI=1S/C19H21N3O3S/c1-4-25-18(23)13-8-9-14-15(16(13)20)17(22-19(21-14)26-3)11-6-5-7-12(10-11)24-2/h5-7,10,13,20H,4,8-9H2,1-3H3. The highest BCUT2D eigenvalue weighted by molar-refractivity contribution is 7.98. The van der Waals surface area contributed by atoms with Crippen LogP contribution in [-0.4, -0.2) is 41.6 Å². The van der Waals surface area contributed by atoms with Crippen molar-refractivity contribution in [1.82, 2.24) is 9.97 Å². The molecule has 0 radical (unpaired) electrons. The van der Waals surface area contributed by atoms with E-state index in [9.17, 15) is 4.79 Å². The number of nitrogens with one attached hydrogen (secondary N) is 1. The highest BCUT2D eigenvalue weighted by atomic mass is 32.2. The number of hydrogen-bond donors (Lipinski definition) is 1. The Morgan fingerprint density at radius 3 is 2.88 bits per heavy atom. The van der Waals surface area contributed by atoms with Crippen LogP contribution < -0.4 is 4.74 Å². The zero-order valence-electron chi connectivity index (χ0n) is 15.0. The lowest BCUT2D eigenvalue weighted by Gasteiger charge is -2.25. The number of hydrogen-bond acceptors (Lipinski definition) is 7. The molecule has 0 saturated carbocycles. The van der Waals surface area contributed by atoms with E-state index in [1.54, 1.807) is 14.0 Å². The number of esters is 1. The summed E-state index contributed by atoms with van der Waals surface area (Å²) in [5.41, 5.74) is 3.19. The predicted octanol–water partition coefficient (Wildman–Crippen LogP) is 3.37. The van der Waals surface area contributed by atoms with Crippen molar-refractivity contribution in [3.05, 3.63) is 35.5 Å². The van der Waals surface area contributed by atoms with Gasteiger partial charge in [-0.2, -0.15) is 0 Å². The molecule has 1 aromatic heterocycles. The highest BCUT2D eigenvalue weighted by Crippen LogP contribution is 2.34. The van der Waals surface area contributed by atoms with Crippen molar-refractivity contribution < 1.29 is 14.3 Å². The molecule has 3 rings (SSSR count). The number of ether oxygens (including phenoxy) is 2. The molecule has 1 atom stereocenters. The molecular weight excluding hydrogens is 350 g/mol. The Labute approximate surface area is 156 Å². The number of fused-ring (bicyclic) bond motifs is 1. The average molecular weight is 371 g/mol. The van der Waals surface area contributed by atoms with Crippen molar-refractivity contribution in [2.24, 2.45) is 5.92 Å². The third-order valence-corrected chi connectivity index (χ3v) is 4.90. The first kappa shape index (κ1) is 18.4. The van der Waals surface area contributed by atoms with Gasteiger partial charge >= 0.3 is 5.97 Å². The van der Waals surface area contributed by atoms with Crippen molar-refractivity contribution in [3.8, 4) is 17.0 Å². The maximum atomic E-state index is 12.3. The summed E-state index contributed by atoms with van der Waals surface area (Å²) in [5.74, 6) is -0.214. The van der Waals surface area contributed by atoms with Gasteiger partial charge in [-0.05, 0) is 38.2 Å². The second-order valence-corrected chi connectivity index (χ2v) is 6.64. The summed E-state index contributed by atoms with van der Waals surface area (Å²) < 4.78 is 10.5. The van der Waals surface area contributed by atoms with Crippen LogP contribution in [0.1, 0.15) is 24.6 Å². The molecule has 0 spiro atoms. The van der Waals surface area contributed by atoms with Gasteiger partial charge in [-0.1, -0.05) is 23.9 Å². The Kier molecular flexibility index (Phi) is 5.56. The lowest BCUT2D eigenvalue weighted by Crippen LogP contribution is -2.32. The molecule has 0 amide bonds. The van der Waals surface area contributed by atoms with Crippen LogP contribution in [0, 0.1) is 11.3 Å². The maximum absolute atomic E-state index is 12.3. The quantitative estimate of drug-likeness (QED) is 0.493. The van der Waals surface area contributed by atoms with Crippen LogP contribution in [0.3, 0.4) is 0 Å². The van der Waals surface area contributed by atoms with Gasteiger partial charge < -0.3 is 14.9 Å². The number of nitrogens with zero attached hydrogens (tertiary/aromatic N) is 2. The number of methoxy groups -OCH3 is 1. The summed E-state index contributed by atoms with van der Waals surface area (Å²) in [5, 5.41) is 9.29. The van der Waals surface area contributed by atoms with E-state index in [-0.39, 0.29) is 11.7 Å². The molecule has 136 valence electrons. The fourth-order valence-electron chi connectivity index (χ4n) is 3.10. The van der Waals surface area contributed by atoms with Crippen molar-refractivity contribution in [2.45, 2.75) is 24.9 Å². The van der Waals surface area contributed by atoms with Gasteiger partial charge in [-0.3, -0.25) is 4.79 Å². The molecule has 26 heavy (non-hydrogen) atoms. The topological polar surface area (TPSA) is 85.2 Å². The smallest absolute Gasteiger partial charge is 0.315 e. The zero-order chi connectivity index (χ0) is 18.7. The summed E-state index contributed by atoms with van der Waals surface area (Å²) in [7, 11) is 1.61. The SMILES string of the molecule is CCOC(=O)C1CCc2nc(SC)nc(-c3cccc(OC)c3)c2C1=N. The van der Waals surface area contributed by atoms with Crippen molar-refractivity contribution in [1.29, 1.82) is 5.41 Å². The number of carbonyl (C=O) groups is 1. The summed E-state index contributed by atoms with van der Waals surface area (Å²) in [6.45, 7) is 2.08. The van der Waals surface area contributed by atoms with E-state index in [0.29, 0.717) is 41.6 Å². The van der Waals surface area contributed by atoms with Crippen LogP contribution in [-0.2, 0) is 16.0 Å². The minimum absolute atomic E-state index is 0.232. The number of carbonyl (C=O) groups excluding carboxylic acids is 1. The first-order valence-corrected chi connectivity index (χ1v) is 9.66. The fraction of sp³-hybridized carbons (Fsp3) is 0.368. The fourth-order valence-corrected chi connectivity index (χ4v) is 3.48. The molecule has 1 aliphatic carbocycles. The first-order chi connectivity index (χ1) is 12.6. The summed E-state index contributed by atoms with van der Waals surface area (Å²) in [6.07, 6.45) is 3.08. The number of aromatic nitrogens is 2. The Bertz CT molecular complexity index is 854. The molecule has 1 unspecified atom stereocenters. The minimum Gasteiger partial charge on any atom is -0.497 e. The van der Waals surface area contributed by atoms with Crippen LogP contribution in [0.2, 0.25) is 0 Å². The van der Waals surface area contributed by atoms with E-state index < -0.39 is 5.92 Å². The van der Waals surface area contributed by atoms with Gasteiger partial charge in [-0.15, -0.1) is 0 Å². The molecule has 1 aliphatic rings. The van der Waals surface area contributed by atoms with E-state index >= 15 is 0 Å².